The molecule has 0 fully saturated rings. The first-order valence-electron chi connectivity index (χ1n) is 6.48. The van der Waals surface area contributed by atoms with Crippen molar-refractivity contribution >= 4 is 27.8 Å². The minimum atomic E-state index is -3.64. The number of anilines is 1. The SMILES string of the molecule is Cc1ccccc1S(=O)(=O)Nc1ccc(C=CC(=O)O)cc1. The molecule has 0 aliphatic rings. The predicted octanol–water partition coefficient (Wildman–Crippen LogP) is 2.89. The van der Waals surface area contributed by atoms with Crippen LogP contribution in [0.3, 0.4) is 0 Å². The Morgan fingerprint density at radius 1 is 1.09 bits per heavy atom. The summed E-state index contributed by atoms with van der Waals surface area (Å²) in [5.41, 5.74) is 1.74. The van der Waals surface area contributed by atoms with E-state index in [-0.39, 0.29) is 4.90 Å². The molecule has 0 unspecified atom stereocenters. The largest absolute Gasteiger partial charge is 0.478 e. The number of rotatable bonds is 5. The first kappa shape index (κ1) is 15.8. The molecule has 2 aromatic rings. The van der Waals surface area contributed by atoms with Gasteiger partial charge in [-0.1, -0.05) is 30.3 Å². The predicted molar refractivity (Wildman–Crippen MR) is 85.1 cm³/mol. The van der Waals surface area contributed by atoms with Crippen molar-refractivity contribution in [1.82, 2.24) is 0 Å². The molecule has 0 heterocycles. The van der Waals surface area contributed by atoms with Crippen molar-refractivity contribution < 1.29 is 18.3 Å². The van der Waals surface area contributed by atoms with Crippen LogP contribution >= 0.6 is 0 Å². The molecule has 2 aromatic carbocycles. The first-order valence-corrected chi connectivity index (χ1v) is 7.96. The van der Waals surface area contributed by atoms with E-state index in [0.29, 0.717) is 16.8 Å². The van der Waals surface area contributed by atoms with E-state index < -0.39 is 16.0 Å². The fraction of sp³-hybridized carbons (Fsp3) is 0.0625. The molecule has 2 N–H and O–H groups in total. The summed E-state index contributed by atoms with van der Waals surface area (Å²) < 4.78 is 27.1. The average Bonchev–Trinajstić information content (AvgIpc) is 2.46. The van der Waals surface area contributed by atoms with Crippen molar-refractivity contribution in [3.63, 3.8) is 0 Å². The summed E-state index contributed by atoms with van der Waals surface area (Å²) in [5.74, 6) is -1.04. The molecule has 22 heavy (non-hydrogen) atoms. The number of carboxylic acid groups (broad SMARTS) is 1. The second-order valence-electron chi connectivity index (χ2n) is 4.66. The Hall–Kier alpha value is -2.60. The quantitative estimate of drug-likeness (QED) is 0.831. The number of aryl methyl sites for hydroxylation is 1. The molecule has 0 saturated carbocycles. The summed E-state index contributed by atoms with van der Waals surface area (Å²) in [5, 5.41) is 8.56. The summed E-state index contributed by atoms with van der Waals surface area (Å²) in [7, 11) is -3.64. The van der Waals surface area contributed by atoms with Crippen LogP contribution < -0.4 is 4.72 Å². The summed E-state index contributed by atoms with van der Waals surface area (Å²) in [6.07, 6.45) is 2.45. The zero-order valence-electron chi connectivity index (χ0n) is 11.9. The maximum Gasteiger partial charge on any atom is 0.328 e. The van der Waals surface area contributed by atoms with Crippen LogP contribution in [-0.2, 0) is 14.8 Å². The van der Waals surface area contributed by atoms with E-state index >= 15 is 0 Å². The van der Waals surface area contributed by atoms with Gasteiger partial charge in [0.1, 0.15) is 0 Å². The van der Waals surface area contributed by atoms with Crippen LogP contribution in [0, 0.1) is 6.92 Å². The molecule has 114 valence electrons. The van der Waals surface area contributed by atoms with Gasteiger partial charge < -0.3 is 5.11 Å². The third-order valence-electron chi connectivity index (χ3n) is 2.96. The van der Waals surface area contributed by atoms with Crippen LogP contribution in [0.1, 0.15) is 11.1 Å². The van der Waals surface area contributed by atoms with Crippen molar-refractivity contribution in [2.45, 2.75) is 11.8 Å². The molecule has 0 spiro atoms. The molecule has 2 rings (SSSR count). The van der Waals surface area contributed by atoms with Gasteiger partial charge in [0.25, 0.3) is 10.0 Å². The lowest BCUT2D eigenvalue weighted by atomic mass is 10.2. The van der Waals surface area contributed by atoms with E-state index in [1.165, 1.54) is 6.08 Å². The lowest BCUT2D eigenvalue weighted by Gasteiger charge is -2.10. The summed E-state index contributed by atoms with van der Waals surface area (Å²) in [6, 6.07) is 13.1. The van der Waals surface area contributed by atoms with Gasteiger partial charge in [0, 0.05) is 11.8 Å². The first-order chi connectivity index (χ1) is 10.4. The van der Waals surface area contributed by atoms with E-state index in [9.17, 15) is 13.2 Å². The normalized spacial score (nSPS) is 11.5. The smallest absolute Gasteiger partial charge is 0.328 e. The Bertz CT molecular complexity index is 808. The van der Waals surface area contributed by atoms with Crippen LogP contribution in [0.4, 0.5) is 5.69 Å². The van der Waals surface area contributed by atoms with Gasteiger partial charge in [0.15, 0.2) is 0 Å². The molecule has 0 amide bonds. The highest BCUT2D eigenvalue weighted by molar-refractivity contribution is 7.92. The van der Waals surface area contributed by atoms with E-state index in [2.05, 4.69) is 4.72 Å². The maximum atomic E-state index is 12.3. The van der Waals surface area contributed by atoms with Gasteiger partial charge in [-0.3, -0.25) is 4.72 Å². The molecule has 5 nitrogen and oxygen atoms in total. The number of sulfonamides is 1. The fourth-order valence-electron chi connectivity index (χ4n) is 1.90. The van der Waals surface area contributed by atoms with Crippen molar-refractivity contribution in [3.8, 4) is 0 Å². The van der Waals surface area contributed by atoms with Crippen LogP contribution in [-0.4, -0.2) is 19.5 Å². The molecule has 0 radical (unpaired) electrons. The van der Waals surface area contributed by atoms with Crippen molar-refractivity contribution in [1.29, 1.82) is 0 Å². The second kappa shape index (κ2) is 6.44. The van der Waals surface area contributed by atoms with Gasteiger partial charge in [-0.05, 0) is 42.3 Å². The third-order valence-corrected chi connectivity index (χ3v) is 4.51. The highest BCUT2D eigenvalue weighted by Crippen LogP contribution is 2.19. The van der Waals surface area contributed by atoms with Crippen LogP contribution in [0.25, 0.3) is 6.08 Å². The number of hydrogen-bond acceptors (Lipinski definition) is 3. The molecular formula is C16H15NO4S. The molecule has 0 bridgehead atoms. The number of nitrogens with one attached hydrogen (secondary N) is 1. The second-order valence-corrected chi connectivity index (χ2v) is 6.32. The van der Waals surface area contributed by atoms with E-state index in [1.807, 2.05) is 0 Å². The van der Waals surface area contributed by atoms with Crippen molar-refractivity contribution in [2.75, 3.05) is 4.72 Å². The van der Waals surface area contributed by atoms with Crippen molar-refractivity contribution in [2.24, 2.45) is 0 Å². The highest BCUT2D eigenvalue weighted by atomic mass is 32.2. The van der Waals surface area contributed by atoms with Gasteiger partial charge >= 0.3 is 5.97 Å². The van der Waals surface area contributed by atoms with Crippen LogP contribution in [0.2, 0.25) is 0 Å². The average molecular weight is 317 g/mol. The van der Waals surface area contributed by atoms with Gasteiger partial charge in [-0.25, -0.2) is 13.2 Å². The lowest BCUT2D eigenvalue weighted by Crippen LogP contribution is -2.14. The standard InChI is InChI=1S/C16H15NO4S/c1-12-4-2-3-5-15(12)22(20,21)17-14-9-6-13(7-10-14)8-11-16(18)19/h2-11,17H,1H3,(H,18,19). The lowest BCUT2D eigenvalue weighted by molar-refractivity contribution is -0.131. The Balaban J connectivity index is 2.20. The Kier molecular flexibility index (Phi) is 4.62. The number of carboxylic acids is 1. The van der Waals surface area contributed by atoms with E-state index in [0.717, 1.165) is 6.08 Å². The van der Waals surface area contributed by atoms with Crippen LogP contribution in [0.5, 0.6) is 0 Å². The van der Waals surface area contributed by atoms with Gasteiger partial charge in [-0.2, -0.15) is 0 Å². The third kappa shape index (κ3) is 3.95. The molecule has 0 saturated heterocycles. The minimum Gasteiger partial charge on any atom is -0.478 e. The van der Waals surface area contributed by atoms with E-state index in [4.69, 9.17) is 5.11 Å². The summed E-state index contributed by atoms with van der Waals surface area (Å²) in [6.45, 7) is 1.73. The van der Waals surface area contributed by atoms with Crippen molar-refractivity contribution in [3.05, 3.63) is 65.7 Å². The van der Waals surface area contributed by atoms with Gasteiger partial charge in [-0.15, -0.1) is 0 Å². The highest BCUT2D eigenvalue weighted by Gasteiger charge is 2.15. The zero-order valence-corrected chi connectivity index (χ0v) is 12.7. The molecule has 0 aromatic heterocycles. The molecule has 0 aliphatic carbocycles. The maximum absolute atomic E-state index is 12.3. The topological polar surface area (TPSA) is 83.5 Å². The summed E-state index contributed by atoms with van der Waals surface area (Å²) >= 11 is 0. The molecule has 6 heteroatoms. The zero-order chi connectivity index (χ0) is 16.2. The Labute approximate surface area is 129 Å². The Morgan fingerprint density at radius 3 is 2.32 bits per heavy atom. The molecule has 0 aliphatic heterocycles. The van der Waals surface area contributed by atoms with E-state index in [1.54, 1.807) is 55.5 Å². The monoisotopic (exact) mass is 317 g/mol. The number of aliphatic carboxylic acids is 1. The number of hydrogen-bond donors (Lipinski definition) is 2. The van der Waals surface area contributed by atoms with Gasteiger partial charge in [0.2, 0.25) is 0 Å². The molecular weight excluding hydrogens is 302 g/mol. The number of carbonyl (C=O) groups is 1. The molecule has 0 atom stereocenters. The van der Waals surface area contributed by atoms with Crippen LogP contribution in [0.15, 0.2) is 59.5 Å². The Morgan fingerprint density at radius 2 is 1.73 bits per heavy atom. The number of benzene rings is 2. The minimum absolute atomic E-state index is 0.227. The van der Waals surface area contributed by atoms with Gasteiger partial charge in [0.05, 0.1) is 4.90 Å². The fourth-order valence-corrected chi connectivity index (χ4v) is 3.20. The summed E-state index contributed by atoms with van der Waals surface area (Å²) in [4.78, 5) is 10.7.